The van der Waals surface area contributed by atoms with E-state index in [-0.39, 0.29) is 97.4 Å². The number of fused-ring (bicyclic) bond motifs is 16. The fourth-order valence-electron chi connectivity index (χ4n) is 15.6. The molecule has 0 aliphatic heterocycles. The van der Waals surface area contributed by atoms with Gasteiger partial charge in [0.1, 0.15) is 52.3 Å². The van der Waals surface area contributed by atoms with Crippen LogP contribution < -0.4 is 22.9 Å². The highest BCUT2D eigenvalue weighted by molar-refractivity contribution is 5.87. The molecular weight excluding hydrogens is 1470 g/mol. The normalized spacial score (nSPS) is 12.5. The van der Waals surface area contributed by atoms with E-state index in [0.29, 0.717) is 135 Å². The zero-order valence-corrected chi connectivity index (χ0v) is 68.0. The minimum atomic E-state index is 0.0127. The maximum atomic E-state index is 12.3. The van der Waals surface area contributed by atoms with Gasteiger partial charge in [0, 0.05) is 194 Å². The molecule has 0 aromatic heterocycles. The first-order valence-electron chi connectivity index (χ1n) is 39.1. The summed E-state index contributed by atoms with van der Waals surface area (Å²) < 4.78 is 0. The van der Waals surface area contributed by atoms with Crippen molar-refractivity contribution in [1.82, 2.24) is 0 Å². The average molecular weight is 1570 g/mol. The molecule has 17 heteroatoms. The SMILES string of the molecule is Cc1ccc(C=Nc2cc3c(O)c(c2)Cc2cc(N=Cc4ccc(C)cc4C)cc(c2O)Cc2cc(N=Cc4ccc(C)cc4C)cc(c2O)Cc2cc(N=Cc4ccc(C)cc4C)cc(c2O)C3)c(C)c1.Cc1ccc(C=O)c(C)c1.Nc1cc2c(O)c(c1)Cc1cc(N)cc(c1O)Cc1cc(N)cc(c1O)Cc1cc(N)cc(c1O)C2. The van der Waals surface area contributed by atoms with Gasteiger partial charge in [0.05, 0.1) is 22.7 Å². The van der Waals surface area contributed by atoms with Gasteiger partial charge in [0.15, 0.2) is 0 Å². The smallest absolute Gasteiger partial charge is 0.150 e. The third-order valence-electron chi connectivity index (χ3n) is 21.9. The van der Waals surface area contributed by atoms with E-state index in [0.717, 1.165) is 84.2 Å². The molecule has 0 amide bonds. The predicted octanol–water partition coefficient (Wildman–Crippen LogP) is 20.3. The van der Waals surface area contributed by atoms with E-state index in [2.05, 4.69) is 104 Å². The Balaban J connectivity index is 0.000000215. The van der Waals surface area contributed by atoms with Crippen LogP contribution >= 0.6 is 0 Å². The van der Waals surface area contributed by atoms with E-state index >= 15 is 0 Å². The molecule has 0 saturated carbocycles. The first-order chi connectivity index (χ1) is 56.3. The van der Waals surface area contributed by atoms with Gasteiger partial charge in [-0.15, -0.1) is 0 Å². The number of aliphatic imine (C=N–C) groups is 4. The molecule has 16 bridgehead atoms. The Morgan fingerprint density at radius 3 is 0.508 bits per heavy atom. The number of hydrogen-bond donors (Lipinski definition) is 12. The van der Waals surface area contributed by atoms with Crippen LogP contribution in [0, 0.1) is 69.2 Å². The van der Waals surface area contributed by atoms with Crippen molar-refractivity contribution < 1.29 is 45.6 Å². The van der Waals surface area contributed by atoms with Crippen LogP contribution in [-0.2, 0) is 51.4 Å². The van der Waals surface area contributed by atoms with Crippen LogP contribution in [0.4, 0.5) is 45.5 Å². The summed E-state index contributed by atoms with van der Waals surface area (Å²) in [4.78, 5) is 30.2. The molecule has 13 aromatic rings. The topological polar surface area (TPSA) is 332 Å². The molecule has 596 valence electrons. The van der Waals surface area contributed by atoms with E-state index in [1.165, 1.54) is 5.56 Å². The number of anilines is 4. The van der Waals surface area contributed by atoms with Gasteiger partial charge in [-0.2, -0.15) is 0 Å². The Labute approximate surface area is 688 Å². The lowest BCUT2D eigenvalue weighted by atomic mass is 9.90. The van der Waals surface area contributed by atoms with Crippen LogP contribution in [0.25, 0.3) is 0 Å². The van der Waals surface area contributed by atoms with E-state index in [1.807, 2.05) is 130 Å². The summed E-state index contributed by atoms with van der Waals surface area (Å²) in [6.45, 7) is 20.4. The van der Waals surface area contributed by atoms with Gasteiger partial charge in [-0.05, 0) is 216 Å². The number of nitrogen functional groups attached to an aromatic ring is 4. The number of phenolic OH excluding ortho intramolecular Hbond substituents is 8. The van der Waals surface area contributed by atoms with Crippen LogP contribution in [0.2, 0.25) is 0 Å². The van der Waals surface area contributed by atoms with Crippen molar-refractivity contribution in [2.75, 3.05) is 22.9 Å². The second-order valence-electron chi connectivity index (χ2n) is 31.6. The number of carbonyl (C=O) groups is 1. The predicted molar refractivity (Wildman–Crippen MR) is 479 cm³/mol. The summed E-state index contributed by atoms with van der Waals surface area (Å²) in [7, 11) is 0. The highest BCUT2D eigenvalue weighted by atomic mass is 16.3. The molecule has 0 radical (unpaired) electrons. The Hall–Kier alpha value is -14.2. The maximum absolute atomic E-state index is 12.3. The fourth-order valence-corrected chi connectivity index (χ4v) is 15.6. The molecule has 0 fully saturated rings. The van der Waals surface area contributed by atoms with Gasteiger partial charge in [-0.1, -0.05) is 119 Å². The van der Waals surface area contributed by atoms with Gasteiger partial charge >= 0.3 is 0 Å². The van der Waals surface area contributed by atoms with Crippen molar-refractivity contribution in [1.29, 1.82) is 0 Å². The molecule has 0 spiro atoms. The van der Waals surface area contributed by atoms with Crippen molar-refractivity contribution in [2.45, 2.75) is 121 Å². The molecule has 16 N–H and O–H groups in total. The number of nitrogens with zero attached hydrogens (tertiary/aromatic N) is 4. The molecule has 2 aliphatic carbocycles. The molecule has 2 aliphatic rings. The lowest BCUT2D eigenvalue weighted by Gasteiger charge is -2.19. The molecule has 0 unspecified atom stereocenters. The number of nitrogens with two attached hydrogens (primary N) is 4. The third kappa shape index (κ3) is 19.1. The quantitative estimate of drug-likeness (QED) is 0.0277. The average Bonchev–Trinajstić information content (AvgIpc) is 0.793. The number of phenols is 8. The van der Waals surface area contributed by atoms with Crippen LogP contribution in [-0.4, -0.2) is 72.0 Å². The number of benzene rings is 13. The maximum Gasteiger partial charge on any atom is 0.150 e. The number of aryl methyl sites for hydroxylation is 10. The van der Waals surface area contributed by atoms with Crippen molar-refractivity contribution >= 4 is 76.6 Å². The Morgan fingerprint density at radius 1 is 0.220 bits per heavy atom. The van der Waals surface area contributed by atoms with Gasteiger partial charge in [-0.25, -0.2) is 0 Å². The van der Waals surface area contributed by atoms with E-state index in [1.54, 1.807) is 48.5 Å². The van der Waals surface area contributed by atoms with Gasteiger partial charge in [0.25, 0.3) is 0 Å². The first kappa shape index (κ1) is 81.8. The van der Waals surface area contributed by atoms with Crippen molar-refractivity contribution in [3.63, 3.8) is 0 Å². The van der Waals surface area contributed by atoms with Crippen LogP contribution in [0.1, 0.15) is 177 Å². The third-order valence-corrected chi connectivity index (χ3v) is 21.9. The summed E-state index contributed by atoms with van der Waals surface area (Å²) in [5, 5.41) is 93.8. The molecule has 0 atom stereocenters. The first-order valence-corrected chi connectivity index (χ1v) is 39.1. The van der Waals surface area contributed by atoms with Crippen LogP contribution in [0.15, 0.2) is 208 Å². The number of rotatable bonds is 9. The number of carbonyl (C=O) groups excluding carboxylic acids is 1. The molecule has 13 aromatic carbocycles. The second kappa shape index (κ2) is 34.9. The summed E-state index contributed by atoms with van der Waals surface area (Å²) in [5.41, 5.74) is 52.8. The Morgan fingerprint density at radius 2 is 0.364 bits per heavy atom. The number of aromatic hydroxyl groups is 8. The van der Waals surface area contributed by atoms with Crippen LogP contribution in [0.3, 0.4) is 0 Å². The van der Waals surface area contributed by atoms with Gasteiger partial charge in [-0.3, -0.25) is 24.8 Å². The van der Waals surface area contributed by atoms with Gasteiger partial charge in [0.2, 0.25) is 0 Å². The molecular formula is C101H98N8O9. The van der Waals surface area contributed by atoms with E-state index in [4.69, 9.17) is 42.9 Å². The Kier molecular flexibility index (Phi) is 24.2. The zero-order chi connectivity index (χ0) is 84.1. The second-order valence-corrected chi connectivity index (χ2v) is 31.6. The summed E-state index contributed by atoms with van der Waals surface area (Å²) in [5.74, 6) is 0.151. The highest BCUT2D eigenvalue weighted by Gasteiger charge is 2.25. The minimum Gasteiger partial charge on any atom is -0.507 e. The van der Waals surface area contributed by atoms with Gasteiger partial charge < -0.3 is 63.8 Å². The lowest BCUT2D eigenvalue weighted by molar-refractivity contribution is 0.112. The van der Waals surface area contributed by atoms with E-state index < -0.39 is 0 Å². The summed E-state index contributed by atoms with van der Waals surface area (Å²) in [6.07, 6.45) is 9.33. The molecule has 0 heterocycles. The minimum absolute atomic E-state index is 0.0127. The largest absolute Gasteiger partial charge is 0.507 e. The summed E-state index contributed by atoms with van der Waals surface area (Å²) in [6, 6.07) is 58.6. The molecule has 118 heavy (non-hydrogen) atoms. The zero-order valence-electron chi connectivity index (χ0n) is 68.0. The molecule has 0 saturated heterocycles. The molecule has 15 rings (SSSR count). The van der Waals surface area contributed by atoms with Crippen LogP contribution in [0.5, 0.6) is 46.0 Å². The monoisotopic (exact) mass is 1570 g/mol. The summed E-state index contributed by atoms with van der Waals surface area (Å²) >= 11 is 0. The standard InChI is InChI=1S/C64H60N4O4.C28H28N4O4.C9H10O/c1-37-9-13-45(41(5)17-37)33-65-57-25-49-21-51-27-58(66-34-46-14-10-38(2)18-42(46)6)29-53(62(51)70)23-55-31-60(68-36-48-16-12-40(4)20-44(48)8)32-56(64(55)72)24-54-30-59(67-35-47-15-11-39(3)19-43(47)7)28-52(63(54)71)22-50(26-57)61(49)69;29-21-5-13-1-14-6-22(30)8-16(26(14)34)3-18-10-24(32)12-20(28(18)36)4-19-11-23(31)9-17(27(19)35)2-15(7-21)25(13)33;1-7-3-4-9(6-10)8(2)5-7/h9-20,25-36,69-72H,21-24H2,1-8H3;5-12,33-36H,1-4,29-32H2;3-6H,1-2H3. The Bertz CT molecular complexity index is 5390. The van der Waals surface area contributed by atoms with Crippen molar-refractivity contribution in [2.24, 2.45) is 20.0 Å². The molecule has 17 nitrogen and oxygen atoms in total. The number of hydrogen-bond acceptors (Lipinski definition) is 17. The lowest BCUT2D eigenvalue weighted by Crippen LogP contribution is -2.04. The fraction of sp³-hybridized carbons (Fsp3) is 0.178. The van der Waals surface area contributed by atoms with Crippen molar-refractivity contribution in [3.8, 4) is 46.0 Å². The van der Waals surface area contributed by atoms with Crippen molar-refractivity contribution in [3.05, 3.63) is 361 Å². The highest BCUT2D eigenvalue weighted by Crippen LogP contribution is 2.45. The van der Waals surface area contributed by atoms with E-state index in [9.17, 15) is 45.6 Å². The number of aldehydes is 1.